The molecule has 0 N–H and O–H groups in total. The Bertz CT molecular complexity index is 733. The Morgan fingerprint density at radius 2 is 1.48 bits per heavy atom. The van der Waals surface area contributed by atoms with Crippen molar-refractivity contribution in [1.82, 2.24) is 0 Å². The van der Waals surface area contributed by atoms with E-state index in [1.54, 1.807) is 0 Å². The Hall–Kier alpha value is -2.27. The minimum absolute atomic E-state index is 0.692. The van der Waals surface area contributed by atoms with Crippen molar-refractivity contribution in [3.8, 4) is 22.9 Å². The highest BCUT2D eigenvalue weighted by Gasteiger charge is 2.22. The molecule has 3 rings (SSSR count). The largest absolute Gasteiger partial charge is 0.493 e. The lowest BCUT2D eigenvalue weighted by molar-refractivity contribution is 0.171. The first-order valence-electron chi connectivity index (χ1n) is 10.4. The van der Waals surface area contributed by atoms with Crippen LogP contribution in [0.2, 0.25) is 0 Å². The van der Waals surface area contributed by atoms with Gasteiger partial charge in [-0.3, -0.25) is 0 Å². The van der Waals surface area contributed by atoms with Gasteiger partial charge in [-0.25, -0.2) is 0 Å². The molecule has 1 atom stereocenters. The molecule has 0 spiro atoms. The number of rotatable bonds is 7. The third-order valence-electron chi connectivity index (χ3n) is 6.09. The Labute approximate surface area is 164 Å². The van der Waals surface area contributed by atoms with E-state index in [1.165, 1.54) is 38.5 Å². The molecule has 0 aliphatic heterocycles. The number of hydrogen-bond acceptors (Lipinski definition) is 2. The van der Waals surface area contributed by atoms with Gasteiger partial charge >= 0.3 is 0 Å². The molecule has 0 bridgehead atoms. The van der Waals surface area contributed by atoms with E-state index in [-0.39, 0.29) is 0 Å². The summed E-state index contributed by atoms with van der Waals surface area (Å²) in [5.74, 6) is 3.46. The lowest BCUT2D eigenvalue weighted by Gasteiger charge is -2.29. The minimum atomic E-state index is 0.692. The van der Waals surface area contributed by atoms with Gasteiger partial charge < -0.3 is 4.74 Å². The van der Waals surface area contributed by atoms with Gasteiger partial charge in [0.1, 0.15) is 5.75 Å². The second-order valence-corrected chi connectivity index (χ2v) is 8.16. The number of nitrogens with zero attached hydrogens (tertiary/aromatic N) is 1. The van der Waals surface area contributed by atoms with E-state index in [0.717, 1.165) is 35.3 Å². The van der Waals surface area contributed by atoms with Crippen LogP contribution >= 0.6 is 0 Å². The van der Waals surface area contributed by atoms with Crippen molar-refractivity contribution in [3.05, 3.63) is 54.1 Å². The van der Waals surface area contributed by atoms with Gasteiger partial charge in [-0.2, -0.15) is 5.26 Å². The molecule has 2 nitrogen and oxygen atoms in total. The van der Waals surface area contributed by atoms with E-state index < -0.39 is 0 Å². The summed E-state index contributed by atoms with van der Waals surface area (Å²) >= 11 is 0. The predicted octanol–water partition coefficient (Wildman–Crippen LogP) is 6.85. The van der Waals surface area contributed by atoms with Crippen LogP contribution in [0.3, 0.4) is 0 Å². The maximum Gasteiger partial charge on any atom is 0.119 e. The molecule has 1 aliphatic carbocycles. The topological polar surface area (TPSA) is 33.0 Å². The molecular formula is C25H31NO. The van der Waals surface area contributed by atoms with Crippen LogP contribution in [0.5, 0.6) is 5.75 Å². The second kappa shape index (κ2) is 9.60. The van der Waals surface area contributed by atoms with Crippen molar-refractivity contribution >= 4 is 0 Å². The van der Waals surface area contributed by atoms with Gasteiger partial charge in [-0.1, -0.05) is 57.4 Å². The maximum atomic E-state index is 8.90. The first kappa shape index (κ1) is 19.5. The maximum absolute atomic E-state index is 8.90. The Kier molecular flexibility index (Phi) is 6.93. The van der Waals surface area contributed by atoms with Gasteiger partial charge in [0, 0.05) is 0 Å². The lowest BCUT2D eigenvalue weighted by Crippen LogP contribution is -2.21. The average molecular weight is 362 g/mol. The molecule has 1 aliphatic rings. The molecule has 1 saturated carbocycles. The summed E-state index contributed by atoms with van der Waals surface area (Å²) in [7, 11) is 0. The fourth-order valence-electron chi connectivity index (χ4n) is 4.06. The zero-order valence-electron chi connectivity index (χ0n) is 16.7. The van der Waals surface area contributed by atoms with E-state index in [4.69, 9.17) is 10.00 Å². The Morgan fingerprint density at radius 3 is 2.04 bits per heavy atom. The van der Waals surface area contributed by atoms with E-state index >= 15 is 0 Å². The number of ether oxygens (including phenoxy) is 1. The molecule has 0 amide bonds. The molecule has 0 aromatic heterocycles. The third kappa shape index (κ3) is 5.60. The number of hydrogen-bond donors (Lipinski definition) is 0. The van der Waals surface area contributed by atoms with Crippen molar-refractivity contribution in [2.45, 2.75) is 52.4 Å². The molecular weight excluding hydrogens is 330 g/mol. The van der Waals surface area contributed by atoms with Crippen molar-refractivity contribution < 1.29 is 4.74 Å². The van der Waals surface area contributed by atoms with Crippen LogP contribution in [0.4, 0.5) is 0 Å². The van der Waals surface area contributed by atoms with Crippen molar-refractivity contribution in [1.29, 1.82) is 5.26 Å². The van der Waals surface area contributed by atoms with Gasteiger partial charge in [0.2, 0.25) is 0 Å². The van der Waals surface area contributed by atoms with Gasteiger partial charge in [0.15, 0.2) is 0 Å². The number of nitriles is 1. The van der Waals surface area contributed by atoms with Gasteiger partial charge in [-0.15, -0.1) is 0 Å². The summed E-state index contributed by atoms with van der Waals surface area (Å²) in [5, 5.41) is 8.90. The van der Waals surface area contributed by atoms with Crippen molar-refractivity contribution in [2.24, 2.45) is 17.8 Å². The highest BCUT2D eigenvalue weighted by Crippen LogP contribution is 2.33. The van der Waals surface area contributed by atoms with Crippen LogP contribution in [-0.4, -0.2) is 6.61 Å². The molecule has 142 valence electrons. The molecule has 2 aromatic carbocycles. The minimum Gasteiger partial charge on any atom is -0.493 e. The van der Waals surface area contributed by atoms with Crippen molar-refractivity contribution in [2.75, 3.05) is 6.61 Å². The first-order chi connectivity index (χ1) is 13.2. The van der Waals surface area contributed by atoms with E-state index in [1.807, 2.05) is 24.3 Å². The van der Waals surface area contributed by atoms with Gasteiger partial charge in [0.25, 0.3) is 0 Å². The lowest BCUT2D eigenvalue weighted by atomic mass is 9.78. The highest BCUT2D eigenvalue weighted by atomic mass is 16.5. The fourth-order valence-corrected chi connectivity index (χ4v) is 4.06. The molecule has 1 fully saturated rings. The highest BCUT2D eigenvalue weighted by molar-refractivity contribution is 5.64. The quantitative estimate of drug-likeness (QED) is 0.540. The molecule has 2 aromatic rings. The summed E-state index contributed by atoms with van der Waals surface area (Å²) in [6, 6.07) is 18.2. The zero-order chi connectivity index (χ0) is 19.1. The first-order valence-corrected chi connectivity index (χ1v) is 10.4. The zero-order valence-corrected chi connectivity index (χ0v) is 16.7. The molecule has 0 radical (unpaired) electrons. The van der Waals surface area contributed by atoms with E-state index in [9.17, 15) is 0 Å². The Balaban J connectivity index is 1.46. The normalized spacial score (nSPS) is 20.6. The smallest absolute Gasteiger partial charge is 0.119 e. The average Bonchev–Trinajstić information content (AvgIpc) is 2.73. The molecule has 1 unspecified atom stereocenters. The van der Waals surface area contributed by atoms with Gasteiger partial charge in [0.05, 0.1) is 18.2 Å². The fraction of sp³-hybridized carbons (Fsp3) is 0.480. The summed E-state index contributed by atoms with van der Waals surface area (Å²) < 4.78 is 6.07. The molecule has 2 heteroatoms. The summed E-state index contributed by atoms with van der Waals surface area (Å²) in [4.78, 5) is 0. The standard InChI is InChI=1S/C25H31NO/c1-3-19(2)16-20-4-6-22(7-5-20)18-27-25-14-12-24(13-15-25)23-10-8-21(17-26)9-11-23/h8-15,19-20,22H,3-7,16,18H2,1-2H3/t19?,20-,22-. The van der Waals surface area contributed by atoms with Crippen LogP contribution < -0.4 is 4.74 Å². The van der Waals surface area contributed by atoms with Gasteiger partial charge in [-0.05, 0) is 72.4 Å². The van der Waals surface area contributed by atoms with Crippen LogP contribution in [0.25, 0.3) is 11.1 Å². The summed E-state index contributed by atoms with van der Waals surface area (Å²) in [6.45, 7) is 5.53. The van der Waals surface area contributed by atoms with E-state index in [2.05, 4.69) is 44.2 Å². The van der Waals surface area contributed by atoms with Crippen LogP contribution in [0.1, 0.15) is 57.9 Å². The summed E-state index contributed by atoms with van der Waals surface area (Å²) in [6.07, 6.45) is 8.07. The summed E-state index contributed by atoms with van der Waals surface area (Å²) in [5.41, 5.74) is 2.97. The second-order valence-electron chi connectivity index (χ2n) is 8.16. The van der Waals surface area contributed by atoms with E-state index in [0.29, 0.717) is 11.5 Å². The Morgan fingerprint density at radius 1 is 0.926 bits per heavy atom. The monoisotopic (exact) mass is 361 g/mol. The molecule has 0 saturated heterocycles. The SMILES string of the molecule is CCC(C)C[C@H]1CC[C@H](COc2ccc(-c3ccc(C#N)cc3)cc2)CC1. The molecule has 0 heterocycles. The van der Waals surface area contributed by atoms with Crippen molar-refractivity contribution in [3.63, 3.8) is 0 Å². The molecule has 27 heavy (non-hydrogen) atoms. The number of benzene rings is 2. The third-order valence-corrected chi connectivity index (χ3v) is 6.09. The van der Waals surface area contributed by atoms with Crippen LogP contribution in [-0.2, 0) is 0 Å². The van der Waals surface area contributed by atoms with Crippen LogP contribution in [0, 0.1) is 29.1 Å². The van der Waals surface area contributed by atoms with Crippen LogP contribution in [0.15, 0.2) is 48.5 Å². The predicted molar refractivity (Wildman–Crippen MR) is 112 cm³/mol.